The van der Waals surface area contributed by atoms with Crippen LogP contribution < -0.4 is 0 Å². The minimum atomic E-state index is -5.01. The molecule has 0 amide bonds. The van der Waals surface area contributed by atoms with Gasteiger partial charge in [0.25, 0.3) is 0 Å². The van der Waals surface area contributed by atoms with Gasteiger partial charge in [-0.1, -0.05) is 31.9 Å². The molecule has 2 fully saturated rings. The highest BCUT2D eigenvalue weighted by Crippen LogP contribution is 2.40. The van der Waals surface area contributed by atoms with Crippen molar-refractivity contribution in [2.75, 3.05) is 0 Å². The van der Waals surface area contributed by atoms with Crippen molar-refractivity contribution in [2.24, 2.45) is 17.8 Å². The zero-order valence-corrected chi connectivity index (χ0v) is 15.7. The first-order valence-corrected chi connectivity index (χ1v) is 9.98. The quantitative estimate of drug-likeness (QED) is 0.370. The Balaban J connectivity index is 1.58. The lowest BCUT2D eigenvalue weighted by atomic mass is 9.77. The van der Waals surface area contributed by atoms with Crippen molar-refractivity contribution < 1.29 is 22.0 Å². The first-order chi connectivity index (χ1) is 12.7. The summed E-state index contributed by atoms with van der Waals surface area (Å²) in [7, 11) is 0. The third-order valence-corrected chi connectivity index (χ3v) is 6.31. The lowest BCUT2D eigenvalue weighted by Gasteiger charge is -2.28. The van der Waals surface area contributed by atoms with Gasteiger partial charge in [-0.2, -0.15) is 13.2 Å². The Morgan fingerprint density at radius 1 is 0.778 bits per heavy atom. The Morgan fingerprint density at radius 3 is 1.67 bits per heavy atom. The first-order valence-electron chi connectivity index (χ1n) is 9.98. The van der Waals surface area contributed by atoms with E-state index in [0.717, 1.165) is 43.7 Å². The molecule has 3 rings (SSSR count). The van der Waals surface area contributed by atoms with Crippen LogP contribution in [0.25, 0.3) is 0 Å². The van der Waals surface area contributed by atoms with E-state index in [4.69, 9.17) is 0 Å². The summed E-state index contributed by atoms with van der Waals surface area (Å²) in [6.45, 7) is 2.30. The highest BCUT2D eigenvalue weighted by atomic mass is 19.4. The van der Waals surface area contributed by atoms with Crippen molar-refractivity contribution in [1.82, 2.24) is 0 Å². The highest BCUT2D eigenvalue weighted by Gasteiger charge is 2.38. The molecule has 0 nitrogen and oxygen atoms in total. The van der Waals surface area contributed by atoms with Gasteiger partial charge < -0.3 is 0 Å². The van der Waals surface area contributed by atoms with E-state index in [-0.39, 0.29) is 5.92 Å². The number of hydrogen-bond donors (Lipinski definition) is 0. The average molecular weight is 386 g/mol. The fourth-order valence-corrected chi connectivity index (χ4v) is 4.54. The van der Waals surface area contributed by atoms with Gasteiger partial charge in [0.2, 0.25) is 0 Å². The van der Waals surface area contributed by atoms with Crippen LogP contribution in [0.3, 0.4) is 0 Å². The molecular formula is C22H27F5. The Kier molecular flexibility index (Phi) is 6.27. The third kappa shape index (κ3) is 5.11. The van der Waals surface area contributed by atoms with Gasteiger partial charge in [0, 0.05) is 0 Å². The van der Waals surface area contributed by atoms with Crippen LogP contribution in [0.15, 0.2) is 24.3 Å². The zero-order valence-electron chi connectivity index (χ0n) is 15.7. The van der Waals surface area contributed by atoms with Crippen molar-refractivity contribution in [1.29, 1.82) is 0 Å². The molecule has 2 aliphatic rings. The summed E-state index contributed by atoms with van der Waals surface area (Å²) in [5.41, 5.74) is -1.44. The number of rotatable bonds is 3. The van der Waals surface area contributed by atoms with Crippen molar-refractivity contribution in [3.63, 3.8) is 0 Å². The van der Waals surface area contributed by atoms with E-state index in [1.807, 2.05) is 0 Å². The fourth-order valence-electron chi connectivity index (χ4n) is 4.54. The highest BCUT2D eigenvalue weighted by molar-refractivity contribution is 5.31. The summed E-state index contributed by atoms with van der Waals surface area (Å²) < 4.78 is 65.8. The van der Waals surface area contributed by atoms with Gasteiger partial charge in [0.05, 0.1) is 0 Å². The van der Waals surface area contributed by atoms with E-state index >= 15 is 0 Å². The molecule has 1 aromatic carbocycles. The molecule has 0 saturated heterocycles. The number of halogens is 5. The topological polar surface area (TPSA) is 0 Å². The van der Waals surface area contributed by atoms with E-state index < -0.39 is 23.4 Å². The number of alkyl halides is 3. The van der Waals surface area contributed by atoms with Gasteiger partial charge in [-0.25, -0.2) is 8.78 Å². The average Bonchev–Trinajstić information content (AvgIpc) is 2.60. The standard InChI is InChI=1S/C22H27F5/c1-14-2-4-15(5-3-14)6-7-16-8-10-17(11-9-16)18-12-19(23)21(20(24)13-18)22(25,26)27/h6-7,12-17H,2-5,8-11H2,1H3. The number of hydrogen-bond acceptors (Lipinski definition) is 0. The van der Waals surface area contributed by atoms with Gasteiger partial charge in [-0.05, 0) is 79.9 Å². The van der Waals surface area contributed by atoms with Crippen LogP contribution in [0, 0.1) is 29.4 Å². The summed E-state index contributed by atoms with van der Waals surface area (Å²) in [5, 5.41) is 0. The van der Waals surface area contributed by atoms with E-state index in [0.29, 0.717) is 17.4 Å². The van der Waals surface area contributed by atoms with E-state index in [1.54, 1.807) is 0 Å². The molecule has 0 atom stereocenters. The van der Waals surface area contributed by atoms with Crippen LogP contribution in [0.5, 0.6) is 0 Å². The van der Waals surface area contributed by atoms with Gasteiger partial charge >= 0.3 is 6.18 Å². The molecule has 0 aromatic heterocycles. The molecular weight excluding hydrogens is 359 g/mol. The maximum Gasteiger partial charge on any atom is 0.422 e. The Bertz CT molecular complexity index is 637. The molecule has 27 heavy (non-hydrogen) atoms. The molecule has 2 saturated carbocycles. The van der Waals surface area contributed by atoms with E-state index in [9.17, 15) is 22.0 Å². The second kappa shape index (κ2) is 8.32. The minimum absolute atomic E-state index is 0.0727. The molecule has 150 valence electrons. The van der Waals surface area contributed by atoms with Gasteiger partial charge in [-0.15, -0.1) is 0 Å². The van der Waals surface area contributed by atoms with Crippen LogP contribution in [-0.4, -0.2) is 0 Å². The first kappa shape index (κ1) is 20.3. The predicted octanol–water partition coefficient (Wildman–Crippen LogP) is 7.64. The lowest BCUT2D eigenvalue weighted by molar-refractivity contribution is -0.142. The summed E-state index contributed by atoms with van der Waals surface area (Å²) in [4.78, 5) is 0. The molecule has 5 heteroatoms. The maximum absolute atomic E-state index is 13.8. The Hall–Kier alpha value is -1.39. The van der Waals surface area contributed by atoms with Gasteiger partial charge in [0.1, 0.15) is 17.2 Å². The number of benzene rings is 1. The molecule has 1 aromatic rings. The molecule has 0 radical (unpaired) electrons. The monoisotopic (exact) mass is 386 g/mol. The van der Waals surface area contributed by atoms with Crippen LogP contribution in [0.4, 0.5) is 22.0 Å². The Labute approximate surface area is 157 Å². The molecule has 0 spiro atoms. The summed E-state index contributed by atoms with van der Waals surface area (Å²) in [5.74, 6) is -1.13. The molecule has 0 N–H and O–H groups in total. The smallest absolute Gasteiger partial charge is 0.206 e. The lowest BCUT2D eigenvalue weighted by Crippen LogP contribution is -2.16. The molecule has 0 aliphatic heterocycles. The molecule has 2 aliphatic carbocycles. The predicted molar refractivity (Wildman–Crippen MR) is 96.3 cm³/mol. The van der Waals surface area contributed by atoms with Crippen molar-refractivity contribution in [2.45, 2.75) is 70.4 Å². The van der Waals surface area contributed by atoms with Crippen molar-refractivity contribution in [3.8, 4) is 0 Å². The SMILES string of the molecule is CC1CCC(C=CC2CCC(c3cc(F)c(C(F)(F)F)c(F)c3)CC2)CC1. The van der Waals surface area contributed by atoms with Gasteiger partial charge in [-0.3, -0.25) is 0 Å². The van der Waals surface area contributed by atoms with Crippen LogP contribution in [0.1, 0.15) is 75.3 Å². The minimum Gasteiger partial charge on any atom is -0.206 e. The van der Waals surface area contributed by atoms with Crippen molar-refractivity contribution >= 4 is 0 Å². The van der Waals surface area contributed by atoms with Crippen LogP contribution in [-0.2, 0) is 6.18 Å². The summed E-state index contributed by atoms with van der Waals surface area (Å²) in [6.07, 6.45) is 8.02. The summed E-state index contributed by atoms with van der Waals surface area (Å²) in [6, 6.07) is 1.74. The second-order valence-electron chi connectivity index (χ2n) is 8.37. The zero-order chi connectivity index (χ0) is 19.6. The van der Waals surface area contributed by atoms with Gasteiger partial charge in [0.15, 0.2) is 0 Å². The largest absolute Gasteiger partial charge is 0.422 e. The third-order valence-electron chi connectivity index (χ3n) is 6.31. The molecule has 0 unspecified atom stereocenters. The second-order valence-corrected chi connectivity index (χ2v) is 8.37. The fraction of sp³-hybridized carbons (Fsp3) is 0.636. The van der Waals surface area contributed by atoms with Crippen molar-refractivity contribution in [3.05, 3.63) is 47.0 Å². The van der Waals surface area contributed by atoms with E-state index in [1.165, 1.54) is 25.7 Å². The summed E-state index contributed by atoms with van der Waals surface area (Å²) >= 11 is 0. The molecule has 0 bridgehead atoms. The Morgan fingerprint density at radius 2 is 1.22 bits per heavy atom. The van der Waals surface area contributed by atoms with Crippen LogP contribution in [0.2, 0.25) is 0 Å². The van der Waals surface area contributed by atoms with E-state index in [2.05, 4.69) is 19.1 Å². The van der Waals surface area contributed by atoms with Crippen LogP contribution >= 0.6 is 0 Å². The number of allylic oxidation sites excluding steroid dienone is 2. The normalized spacial score (nSPS) is 30.0. The maximum atomic E-state index is 13.8. The molecule has 0 heterocycles.